The van der Waals surface area contributed by atoms with Crippen molar-refractivity contribution in [2.45, 2.75) is 52.9 Å². The third-order valence-electron chi connectivity index (χ3n) is 4.27. The number of ether oxygens (including phenoxy) is 3. The predicted molar refractivity (Wildman–Crippen MR) is 106 cm³/mol. The van der Waals surface area contributed by atoms with Gasteiger partial charge in [-0.15, -0.1) is 0 Å². The maximum absolute atomic E-state index is 12.4. The van der Waals surface area contributed by atoms with Crippen LogP contribution in [-0.4, -0.2) is 43.3 Å². The lowest BCUT2D eigenvalue weighted by Crippen LogP contribution is -2.51. The first-order valence-corrected chi connectivity index (χ1v) is 9.71. The zero-order valence-corrected chi connectivity index (χ0v) is 17.2. The maximum atomic E-state index is 12.4. The average Bonchev–Trinajstić information content (AvgIpc) is 2.70. The number of nitrogens with one attached hydrogen (secondary N) is 2. The van der Waals surface area contributed by atoms with Crippen molar-refractivity contribution in [3.8, 4) is 0 Å². The highest BCUT2D eigenvalue weighted by molar-refractivity contribution is 5.95. The monoisotopic (exact) mass is 404 g/mol. The summed E-state index contributed by atoms with van der Waals surface area (Å²) < 4.78 is 15.9. The summed E-state index contributed by atoms with van der Waals surface area (Å²) in [5.41, 5.74) is 1.81. The number of urea groups is 1. The summed E-state index contributed by atoms with van der Waals surface area (Å²) in [4.78, 5) is 36.6. The smallest absolute Gasteiger partial charge is 0.338 e. The molecular weight excluding hydrogens is 376 g/mol. The zero-order chi connectivity index (χ0) is 21.4. The predicted octanol–water partition coefficient (Wildman–Crippen LogP) is 2.68. The van der Waals surface area contributed by atoms with E-state index in [1.165, 1.54) is 0 Å². The van der Waals surface area contributed by atoms with Gasteiger partial charge in [-0.2, -0.15) is 0 Å². The van der Waals surface area contributed by atoms with Crippen LogP contribution in [0.2, 0.25) is 0 Å². The standard InChI is InChI=1S/C21H28N2O6/c1-5-16-18(20(25)27-6-2)17(23-21(26)22-16)12-29-19(24)15-9-7-14(8-10-15)11-28-13(3)4/h7-10,13,16H,5-6,11-12H2,1-4H3,(H2,22,23,26)/t16-/m0/s1. The number of carbonyl (C=O) groups excluding carboxylic acids is 3. The molecule has 0 radical (unpaired) electrons. The first-order chi connectivity index (χ1) is 13.8. The number of amides is 2. The van der Waals surface area contributed by atoms with Gasteiger partial charge in [-0.25, -0.2) is 14.4 Å². The van der Waals surface area contributed by atoms with Crippen molar-refractivity contribution >= 4 is 18.0 Å². The molecule has 0 saturated carbocycles. The highest BCUT2D eigenvalue weighted by atomic mass is 16.5. The summed E-state index contributed by atoms with van der Waals surface area (Å²) in [6.07, 6.45) is 0.618. The van der Waals surface area contributed by atoms with Crippen LogP contribution in [0.3, 0.4) is 0 Å². The van der Waals surface area contributed by atoms with Gasteiger partial charge in [0.25, 0.3) is 0 Å². The van der Waals surface area contributed by atoms with Crippen LogP contribution >= 0.6 is 0 Å². The van der Waals surface area contributed by atoms with Gasteiger partial charge in [0, 0.05) is 0 Å². The molecule has 1 aromatic carbocycles. The van der Waals surface area contributed by atoms with E-state index in [9.17, 15) is 14.4 Å². The average molecular weight is 404 g/mol. The molecule has 1 atom stereocenters. The van der Waals surface area contributed by atoms with E-state index >= 15 is 0 Å². The molecule has 0 bridgehead atoms. The van der Waals surface area contributed by atoms with Crippen LogP contribution in [0.5, 0.6) is 0 Å². The molecule has 0 fully saturated rings. The number of hydrogen-bond donors (Lipinski definition) is 2. The molecule has 1 aromatic rings. The van der Waals surface area contributed by atoms with E-state index in [4.69, 9.17) is 14.2 Å². The summed E-state index contributed by atoms with van der Waals surface area (Å²) >= 11 is 0. The third-order valence-corrected chi connectivity index (χ3v) is 4.27. The fourth-order valence-corrected chi connectivity index (χ4v) is 2.80. The van der Waals surface area contributed by atoms with Gasteiger partial charge in [-0.05, 0) is 44.9 Å². The second-order valence-corrected chi connectivity index (χ2v) is 6.80. The van der Waals surface area contributed by atoms with Crippen molar-refractivity contribution in [1.82, 2.24) is 10.6 Å². The van der Waals surface area contributed by atoms with Gasteiger partial charge in [0.2, 0.25) is 0 Å². The topological polar surface area (TPSA) is 103 Å². The van der Waals surface area contributed by atoms with Crippen LogP contribution in [-0.2, 0) is 25.6 Å². The molecule has 1 aliphatic rings. The second kappa shape index (κ2) is 10.6. The van der Waals surface area contributed by atoms with Crippen molar-refractivity contribution in [2.24, 2.45) is 0 Å². The molecule has 1 aliphatic heterocycles. The Balaban J connectivity index is 2.09. The Kier molecular flexibility index (Phi) is 8.21. The van der Waals surface area contributed by atoms with E-state index in [0.717, 1.165) is 5.56 Å². The van der Waals surface area contributed by atoms with Gasteiger partial charge >= 0.3 is 18.0 Å². The van der Waals surface area contributed by atoms with Gasteiger partial charge in [0.05, 0.1) is 42.2 Å². The first-order valence-electron chi connectivity index (χ1n) is 9.71. The second-order valence-electron chi connectivity index (χ2n) is 6.80. The molecule has 0 aromatic heterocycles. The minimum Gasteiger partial charge on any atom is -0.463 e. The van der Waals surface area contributed by atoms with Crippen LogP contribution in [0.15, 0.2) is 35.5 Å². The normalized spacial score (nSPS) is 16.3. The lowest BCUT2D eigenvalue weighted by Gasteiger charge is -2.28. The largest absolute Gasteiger partial charge is 0.463 e. The van der Waals surface area contributed by atoms with Crippen LogP contribution in [0.1, 0.15) is 50.0 Å². The molecule has 1 heterocycles. The van der Waals surface area contributed by atoms with Crippen LogP contribution in [0, 0.1) is 0 Å². The van der Waals surface area contributed by atoms with Gasteiger partial charge in [0.15, 0.2) is 0 Å². The number of carbonyl (C=O) groups is 3. The highest BCUT2D eigenvalue weighted by Crippen LogP contribution is 2.18. The van der Waals surface area contributed by atoms with Gasteiger partial charge in [-0.1, -0.05) is 19.1 Å². The van der Waals surface area contributed by atoms with E-state index in [-0.39, 0.29) is 30.6 Å². The molecule has 158 valence electrons. The van der Waals surface area contributed by atoms with Crippen molar-refractivity contribution < 1.29 is 28.6 Å². The van der Waals surface area contributed by atoms with Crippen LogP contribution in [0.4, 0.5) is 4.79 Å². The summed E-state index contributed by atoms with van der Waals surface area (Å²) in [5, 5.41) is 5.22. The molecule has 2 amide bonds. The Morgan fingerprint density at radius 2 is 1.72 bits per heavy atom. The van der Waals surface area contributed by atoms with Crippen molar-refractivity contribution in [2.75, 3.05) is 13.2 Å². The van der Waals surface area contributed by atoms with Crippen molar-refractivity contribution in [3.63, 3.8) is 0 Å². The third kappa shape index (κ3) is 6.32. The van der Waals surface area contributed by atoms with E-state index in [0.29, 0.717) is 18.6 Å². The quantitative estimate of drug-likeness (QED) is 0.614. The van der Waals surface area contributed by atoms with Crippen molar-refractivity contribution in [1.29, 1.82) is 0 Å². The van der Waals surface area contributed by atoms with Gasteiger partial charge in [0.1, 0.15) is 6.61 Å². The van der Waals surface area contributed by atoms with Crippen molar-refractivity contribution in [3.05, 3.63) is 46.7 Å². The summed E-state index contributed by atoms with van der Waals surface area (Å²) in [6.45, 7) is 7.86. The van der Waals surface area contributed by atoms with E-state index in [1.54, 1.807) is 31.2 Å². The molecule has 0 unspecified atom stereocenters. The minimum absolute atomic E-state index is 0.119. The van der Waals surface area contributed by atoms with Gasteiger partial charge in [-0.3, -0.25) is 0 Å². The summed E-state index contributed by atoms with van der Waals surface area (Å²) in [5.74, 6) is -1.11. The highest BCUT2D eigenvalue weighted by Gasteiger charge is 2.32. The van der Waals surface area contributed by atoms with Crippen LogP contribution in [0.25, 0.3) is 0 Å². The molecule has 2 N–H and O–H groups in total. The fourth-order valence-electron chi connectivity index (χ4n) is 2.80. The number of hydrogen-bond acceptors (Lipinski definition) is 6. The van der Waals surface area contributed by atoms with E-state index in [1.807, 2.05) is 20.8 Å². The molecule has 0 saturated heterocycles. The number of esters is 2. The molecular formula is C21H28N2O6. The molecule has 2 rings (SSSR count). The van der Waals surface area contributed by atoms with E-state index in [2.05, 4.69) is 10.6 Å². The first kappa shape index (κ1) is 22.4. The Morgan fingerprint density at radius 1 is 1.03 bits per heavy atom. The lowest BCUT2D eigenvalue weighted by atomic mass is 10.0. The molecule has 0 aliphatic carbocycles. The number of rotatable bonds is 9. The Labute approximate surface area is 170 Å². The maximum Gasteiger partial charge on any atom is 0.338 e. The molecule has 8 heteroatoms. The Morgan fingerprint density at radius 3 is 2.31 bits per heavy atom. The zero-order valence-electron chi connectivity index (χ0n) is 17.2. The summed E-state index contributed by atoms with van der Waals surface area (Å²) in [7, 11) is 0. The molecule has 0 spiro atoms. The lowest BCUT2D eigenvalue weighted by molar-refractivity contribution is -0.139. The SMILES string of the molecule is CCOC(=O)C1=C(COC(=O)c2ccc(COC(C)C)cc2)NC(=O)N[C@H]1CC. The van der Waals surface area contributed by atoms with Crippen LogP contribution < -0.4 is 10.6 Å². The van der Waals surface area contributed by atoms with E-state index < -0.39 is 24.0 Å². The fraction of sp³-hybridized carbons (Fsp3) is 0.476. The Bertz CT molecular complexity index is 770. The Hall–Kier alpha value is -2.87. The summed E-state index contributed by atoms with van der Waals surface area (Å²) in [6, 6.07) is 5.93. The minimum atomic E-state index is -0.558. The number of benzene rings is 1. The molecule has 29 heavy (non-hydrogen) atoms. The van der Waals surface area contributed by atoms with Gasteiger partial charge < -0.3 is 24.8 Å². The molecule has 8 nitrogen and oxygen atoms in total.